The Bertz CT molecular complexity index is 591. The maximum absolute atomic E-state index is 6.26. The van der Waals surface area contributed by atoms with Gasteiger partial charge in [-0.2, -0.15) is 0 Å². The number of hydrogen-bond donors (Lipinski definition) is 0. The van der Waals surface area contributed by atoms with Crippen molar-refractivity contribution in [3.05, 3.63) is 21.9 Å². The molecule has 1 aliphatic carbocycles. The summed E-state index contributed by atoms with van der Waals surface area (Å²) in [6, 6.07) is 5.32. The SMILES string of the molecule is COCCOC1CN(C2CCN(Cc3ccc(C)s3)CC2)C12CCCCC2. The number of aryl methyl sites for hydroxylation is 1. The number of ether oxygens (including phenoxy) is 2. The zero-order chi connectivity index (χ0) is 18.7. The maximum Gasteiger partial charge on any atom is 0.0886 e. The molecule has 1 saturated carbocycles. The van der Waals surface area contributed by atoms with Crippen LogP contribution in [0, 0.1) is 6.92 Å². The van der Waals surface area contributed by atoms with Gasteiger partial charge in [-0.1, -0.05) is 19.3 Å². The predicted molar refractivity (Wildman–Crippen MR) is 111 cm³/mol. The number of methoxy groups -OCH3 is 1. The highest BCUT2D eigenvalue weighted by Crippen LogP contribution is 2.47. The van der Waals surface area contributed by atoms with Crippen LogP contribution in [-0.4, -0.2) is 67.4 Å². The third-order valence-electron chi connectivity index (χ3n) is 7.03. The number of nitrogens with zero attached hydrogens (tertiary/aromatic N) is 2. The summed E-state index contributed by atoms with van der Waals surface area (Å²) in [6.07, 6.45) is 9.88. The first kappa shape index (κ1) is 19.8. The zero-order valence-electron chi connectivity index (χ0n) is 17.1. The molecule has 3 aliphatic rings. The lowest BCUT2D eigenvalue weighted by molar-refractivity contribution is -0.204. The highest BCUT2D eigenvalue weighted by molar-refractivity contribution is 7.11. The summed E-state index contributed by atoms with van der Waals surface area (Å²) in [6.45, 7) is 8.42. The molecular weight excluding hydrogens is 356 g/mol. The quantitative estimate of drug-likeness (QED) is 0.653. The van der Waals surface area contributed by atoms with Crippen LogP contribution in [0.5, 0.6) is 0 Å². The summed E-state index contributed by atoms with van der Waals surface area (Å²) in [5.41, 5.74) is 0.337. The Hall–Kier alpha value is -0.460. The van der Waals surface area contributed by atoms with Crippen LogP contribution < -0.4 is 0 Å². The molecule has 0 N–H and O–H groups in total. The van der Waals surface area contributed by atoms with Crippen LogP contribution in [0.2, 0.25) is 0 Å². The minimum Gasteiger partial charge on any atom is -0.382 e. The first-order valence-electron chi connectivity index (χ1n) is 10.9. The van der Waals surface area contributed by atoms with Gasteiger partial charge in [0.15, 0.2) is 0 Å². The van der Waals surface area contributed by atoms with Crippen molar-refractivity contribution in [2.75, 3.05) is 40.0 Å². The Labute approximate surface area is 168 Å². The summed E-state index contributed by atoms with van der Waals surface area (Å²) in [5, 5.41) is 0. The van der Waals surface area contributed by atoms with Crippen LogP contribution in [0.15, 0.2) is 12.1 Å². The van der Waals surface area contributed by atoms with E-state index in [1.807, 2.05) is 11.3 Å². The van der Waals surface area contributed by atoms with E-state index in [9.17, 15) is 0 Å². The molecule has 1 spiro atoms. The number of thiophene rings is 1. The van der Waals surface area contributed by atoms with Crippen LogP contribution in [0.4, 0.5) is 0 Å². The Kier molecular flexibility index (Phi) is 6.55. The monoisotopic (exact) mass is 392 g/mol. The Morgan fingerprint density at radius 1 is 1.11 bits per heavy atom. The summed E-state index contributed by atoms with van der Waals surface area (Å²) in [5.74, 6) is 0. The molecule has 3 heterocycles. The molecule has 0 aromatic carbocycles. The summed E-state index contributed by atoms with van der Waals surface area (Å²) in [7, 11) is 1.76. The van der Waals surface area contributed by atoms with Crippen LogP contribution >= 0.6 is 11.3 Å². The minimum absolute atomic E-state index is 0.337. The van der Waals surface area contributed by atoms with Crippen molar-refractivity contribution in [1.82, 2.24) is 9.80 Å². The van der Waals surface area contributed by atoms with Crippen molar-refractivity contribution in [1.29, 1.82) is 0 Å². The normalized spacial score (nSPS) is 27.1. The molecule has 0 bridgehead atoms. The minimum atomic E-state index is 0.337. The molecule has 1 unspecified atom stereocenters. The first-order valence-corrected chi connectivity index (χ1v) is 11.7. The lowest BCUT2D eigenvalue weighted by Gasteiger charge is -2.63. The fraction of sp³-hybridized carbons (Fsp3) is 0.818. The van der Waals surface area contributed by atoms with E-state index in [2.05, 4.69) is 28.9 Å². The standard InChI is InChI=1S/C22H36N2O2S/c1-18-6-7-20(27-18)16-23-12-8-19(9-13-23)24-17-21(26-15-14-25-2)22(24)10-4-3-5-11-22/h6-7,19,21H,3-5,8-17H2,1-2H3. The predicted octanol–water partition coefficient (Wildman–Crippen LogP) is 4.07. The van der Waals surface area contributed by atoms with E-state index in [4.69, 9.17) is 9.47 Å². The van der Waals surface area contributed by atoms with Crippen molar-refractivity contribution in [2.45, 2.75) is 76.1 Å². The lowest BCUT2D eigenvalue weighted by Crippen LogP contribution is -2.75. The van der Waals surface area contributed by atoms with Crippen molar-refractivity contribution in [3.63, 3.8) is 0 Å². The van der Waals surface area contributed by atoms with Crippen LogP contribution in [0.3, 0.4) is 0 Å². The zero-order valence-corrected chi connectivity index (χ0v) is 17.9. The Balaban J connectivity index is 1.31. The molecule has 4 nitrogen and oxygen atoms in total. The smallest absolute Gasteiger partial charge is 0.0886 e. The third-order valence-corrected chi connectivity index (χ3v) is 8.02. The largest absolute Gasteiger partial charge is 0.382 e. The summed E-state index contributed by atoms with van der Waals surface area (Å²) >= 11 is 1.95. The topological polar surface area (TPSA) is 24.9 Å². The van der Waals surface area contributed by atoms with Gasteiger partial charge in [-0.3, -0.25) is 9.80 Å². The van der Waals surface area contributed by atoms with Crippen LogP contribution in [0.25, 0.3) is 0 Å². The highest BCUT2D eigenvalue weighted by Gasteiger charge is 2.56. The molecule has 0 radical (unpaired) electrons. The van der Waals surface area contributed by atoms with Gasteiger partial charge in [-0.25, -0.2) is 0 Å². The number of likely N-dealkylation sites (tertiary alicyclic amines) is 2. The molecule has 2 saturated heterocycles. The van der Waals surface area contributed by atoms with Crippen molar-refractivity contribution >= 4 is 11.3 Å². The second-order valence-electron chi connectivity index (χ2n) is 8.69. The molecule has 1 aromatic heterocycles. The second-order valence-corrected chi connectivity index (χ2v) is 10.1. The molecule has 1 atom stereocenters. The van der Waals surface area contributed by atoms with E-state index in [-0.39, 0.29) is 0 Å². The van der Waals surface area contributed by atoms with Gasteiger partial charge in [0, 0.05) is 54.6 Å². The van der Waals surface area contributed by atoms with E-state index in [0.29, 0.717) is 18.2 Å². The Morgan fingerprint density at radius 2 is 1.89 bits per heavy atom. The number of piperidine rings is 1. The van der Waals surface area contributed by atoms with Crippen molar-refractivity contribution in [2.24, 2.45) is 0 Å². The number of hydrogen-bond acceptors (Lipinski definition) is 5. The van der Waals surface area contributed by atoms with Crippen molar-refractivity contribution < 1.29 is 9.47 Å². The molecular formula is C22H36N2O2S. The van der Waals surface area contributed by atoms with Gasteiger partial charge in [0.2, 0.25) is 0 Å². The molecule has 2 aliphatic heterocycles. The molecule has 5 heteroatoms. The van der Waals surface area contributed by atoms with Gasteiger partial charge >= 0.3 is 0 Å². The van der Waals surface area contributed by atoms with E-state index in [0.717, 1.165) is 25.7 Å². The summed E-state index contributed by atoms with van der Waals surface area (Å²) < 4.78 is 11.5. The average molecular weight is 393 g/mol. The lowest BCUT2D eigenvalue weighted by atomic mass is 9.69. The van der Waals surface area contributed by atoms with E-state index < -0.39 is 0 Å². The second kappa shape index (κ2) is 8.91. The third kappa shape index (κ3) is 4.27. The van der Waals surface area contributed by atoms with Gasteiger partial charge in [0.1, 0.15) is 0 Å². The first-order chi connectivity index (χ1) is 13.2. The van der Waals surface area contributed by atoms with Crippen LogP contribution in [0.1, 0.15) is 54.7 Å². The fourth-order valence-corrected chi connectivity index (χ4v) is 6.48. The van der Waals surface area contributed by atoms with Gasteiger partial charge in [0.25, 0.3) is 0 Å². The van der Waals surface area contributed by atoms with Gasteiger partial charge < -0.3 is 9.47 Å². The summed E-state index contributed by atoms with van der Waals surface area (Å²) in [4.78, 5) is 8.46. The van der Waals surface area contributed by atoms with E-state index in [1.54, 1.807) is 7.11 Å². The van der Waals surface area contributed by atoms with E-state index >= 15 is 0 Å². The number of rotatable bonds is 7. The van der Waals surface area contributed by atoms with Gasteiger partial charge in [-0.05, 0) is 44.7 Å². The van der Waals surface area contributed by atoms with Crippen molar-refractivity contribution in [3.8, 4) is 0 Å². The maximum atomic E-state index is 6.26. The molecule has 3 fully saturated rings. The van der Waals surface area contributed by atoms with Crippen LogP contribution in [-0.2, 0) is 16.0 Å². The van der Waals surface area contributed by atoms with E-state index in [1.165, 1.54) is 67.8 Å². The molecule has 0 amide bonds. The fourth-order valence-electron chi connectivity index (χ4n) is 5.55. The molecule has 27 heavy (non-hydrogen) atoms. The Morgan fingerprint density at radius 3 is 2.56 bits per heavy atom. The molecule has 4 rings (SSSR count). The molecule has 1 aromatic rings. The molecule has 152 valence electrons. The average Bonchev–Trinajstić information content (AvgIpc) is 3.10. The highest BCUT2D eigenvalue weighted by atomic mass is 32.1. The van der Waals surface area contributed by atoms with Gasteiger partial charge in [0.05, 0.1) is 19.3 Å². The van der Waals surface area contributed by atoms with Gasteiger partial charge in [-0.15, -0.1) is 11.3 Å².